The van der Waals surface area contributed by atoms with Crippen LogP contribution >= 0.6 is 23.2 Å². The Balaban J connectivity index is 1.77. The van der Waals surface area contributed by atoms with Gasteiger partial charge in [0.1, 0.15) is 12.4 Å². The minimum absolute atomic E-state index is 0.0236. The monoisotopic (exact) mass is 497 g/mol. The lowest BCUT2D eigenvalue weighted by Gasteiger charge is -2.37. The third-order valence-electron chi connectivity index (χ3n) is 6.13. The van der Waals surface area contributed by atoms with E-state index in [-0.39, 0.29) is 12.4 Å². The van der Waals surface area contributed by atoms with Gasteiger partial charge in [0, 0.05) is 29.8 Å². The van der Waals surface area contributed by atoms with Crippen LogP contribution in [-0.2, 0) is 11.4 Å². The zero-order chi connectivity index (χ0) is 24.4. The van der Waals surface area contributed by atoms with Crippen LogP contribution in [0.4, 0.5) is 0 Å². The second-order valence-electron chi connectivity index (χ2n) is 8.22. The lowest BCUT2D eigenvalue weighted by molar-refractivity contribution is -0.116. The summed E-state index contributed by atoms with van der Waals surface area (Å²) in [5, 5.41) is 10.9. The van der Waals surface area contributed by atoms with Gasteiger partial charge < -0.3 is 20.1 Å². The number of Topliss-reactive ketones (excluding diaryl/α,β-unsaturated/α-hetero) is 1. The molecule has 2 aromatic carbocycles. The molecule has 2 aromatic rings. The second-order valence-corrected chi connectivity index (χ2v) is 9.06. The second kappa shape index (κ2) is 10.0. The molecule has 0 amide bonds. The molecular formula is C26H25Cl2N3O3. The Hall–Kier alpha value is -3.14. The SMILES string of the molecule is CCOc1cc([C@H]2C(C#N)=C(N)N(C)C3=C2C(=O)CCC3)cc(Cl)c1OCc1ccc(Cl)cc1. The van der Waals surface area contributed by atoms with E-state index < -0.39 is 5.92 Å². The van der Waals surface area contributed by atoms with Gasteiger partial charge in [0.25, 0.3) is 0 Å². The summed E-state index contributed by atoms with van der Waals surface area (Å²) in [6.07, 6.45) is 1.92. The third kappa shape index (κ3) is 4.46. The van der Waals surface area contributed by atoms with Crippen LogP contribution in [0.2, 0.25) is 10.0 Å². The molecule has 176 valence electrons. The fourth-order valence-electron chi connectivity index (χ4n) is 4.49. The number of carbonyl (C=O) groups excluding carboxylic acids is 1. The lowest BCUT2D eigenvalue weighted by atomic mass is 9.76. The number of nitrogens with zero attached hydrogens (tertiary/aromatic N) is 2. The first kappa shape index (κ1) is 24.0. The minimum Gasteiger partial charge on any atom is -0.490 e. The first-order valence-electron chi connectivity index (χ1n) is 11.1. The van der Waals surface area contributed by atoms with Crippen molar-refractivity contribution in [2.45, 2.75) is 38.7 Å². The highest BCUT2D eigenvalue weighted by Crippen LogP contribution is 2.47. The predicted octanol–water partition coefficient (Wildman–Crippen LogP) is 5.70. The molecule has 0 spiro atoms. The molecule has 0 saturated heterocycles. The Labute approximate surface area is 209 Å². The molecule has 8 heteroatoms. The Bertz CT molecular complexity index is 1230. The summed E-state index contributed by atoms with van der Waals surface area (Å²) in [6, 6.07) is 13.1. The molecule has 1 heterocycles. The lowest BCUT2D eigenvalue weighted by Crippen LogP contribution is -2.36. The topological polar surface area (TPSA) is 88.6 Å². The maximum atomic E-state index is 13.0. The van der Waals surface area contributed by atoms with Crippen molar-refractivity contribution in [2.75, 3.05) is 13.7 Å². The fraction of sp³-hybridized carbons (Fsp3) is 0.308. The average Bonchev–Trinajstić information content (AvgIpc) is 2.82. The van der Waals surface area contributed by atoms with E-state index in [0.29, 0.717) is 57.1 Å². The standard InChI is InChI=1S/C26H25Cl2N3O3/c1-3-33-22-12-16(11-19(28)25(22)34-14-15-7-9-17(27)10-8-15)23-18(13-29)26(30)31(2)20-5-4-6-21(32)24(20)23/h7-12,23H,3-6,14,30H2,1-2H3/t23-/m0/s1. The van der Waals surface area contributed by atoms with E-state index >= 15 is 0 Å². The number of ether oxygens (including phenoxy) is 2. The molecule has 0 radical (unpaired) electrons. The van der Waals surface area contributed by atoms with Crippen molar-refractivity contribution in [3.05, 3.63) is 80.2 Å². The van der Waals surface area contributed by atoms with E-state index in [2.05, 4.69) is 6.07 Å². The zero-order valence-corrected chi connectivity index (χ0v) is 20.5. The number of ketones is 1. The summed E-state index contributed by atoms with van der Waals surface area (Å²) in [5.74, 6) is 0.605. The summed E-state index contributed by atoms with van der Waals surface area (Å²) in [5.41, 5.74) is 9.72. The van der Waals surface area contributed by atoms with Crippen molar-refractivity contribution in [3.63, 3.8) is 0 Å². The van der Waals surface area contributed by atoms with Gasteiger partial charge in [-0.3, -0.25) is 4.79 Å². The molecule has 1 aliphatic heterocycles. The number of nitrogens with two attached hydrogens (primary N) is 1. The molecule has 0 bridgehead atoms. The van der Waals surface area contributed by atoms with Crippen LogP contribution in [0.25, 0.3) is 0 Å². The van der Waals surface area contributed by atoms with Gasteiger partial charge in [-0.2, -0.15) is 5.26 Å². The summed E-state index contributed by atoms with van der Waals surface area (Å²) in [4.78, 5) is 14.8. The molecule has 34 heavy (non-hydrogen) atoms. The normalized spacial score (nSPS) is 18.0. The van der Waals surface area contributed by atoms with Crippen LogP contribution in [0.15, 0.2) is 59.1 Å². The van der Waals surface area contributed by atoms with E-state index in [0.717, 1.165) is 24.1 Å². The number of carbonyl (C=O) groups is 1. The van der Waals surface area contributed by atoms with Gasteiger partial charge in [0.15, 0.2) is 17.3 Å². The van der Waals surface area contributed by atoms with E-state index in [4.69, 9.17) is 38.4 Å². The van der Waals surface area contributed by atoms with Crippen molar-refractivity contribution >= 4 is 29.0 Å². The van der Waals surface area contributed by atoms with Gasteiger partial charge in [-0.1, -0.05) is 35.3 Å². The van der Waals surface area contributed by atoms with Crippen LogP contribution in [0.5, 0.6) is 11.5 Å². The van der Waals surface area contributed by atoms with Gasteiger partial charge in [-0.25, -0.2) is 0 Å². The van der Waals surface area contributed by atoms with Crippen molar-refractivity contribution in [1.82, 2.24) is 4.90 Å². The molecule has 2 aliphatic rings. The van der Waals surface area contributed by atoms with E-state index in [1.165, 1.54) is 0 Å². The van der Waals surface area contributed by atoms with Crippen molar-refractivity contribution in [2.24, 2.45) is 5.73 Å². The number of benzene rings is 2. The van der Waals surface area contributed by atoms with Gasteiger partial charge in [0.05, 0.1) is 29.2 Å². The fourth-order valence-corrected chi connectivity index (χ4v) is 4.89. The highest BCUT2D eigenvalue weighted by atomic mass is 35.5. The zero-order valence-electron chi connectivity index (χ0n) is 19.0. The number of rotatable bonds is 6. The molecule has 4 rings (SSSR count). The summed E-state index contributed by atoms with van der Waals surface area (Å²) in [6.45, 7) is 2.53. The van der Waals surface area contributed by atoms with Gasteiger partial charge in [-0.05, 0) is 55.2 Å². The Morgan fingerprint density at radius 1 is 1.18 bits per heavy atom. The van der Waals surface area contributed by atoms with Gasteiger partial charge in [-0.15, -0.1) is 0 Å². The van der Waals surface area contributed by atoms with Crippen LogP contribution in [0.1, 0.15) is 43.2 Å². The molecule has 0 unspecified atom stereocenters. The maximum absolute atomic E-state index is 13.0. The van der Waals surface area contributed by atoms with Gasteiger partial charge in [0.2, 0.25) is 0 Å². The Morgan fingerprint density at radius 2 is 1.91 bits per heavy atom. The Morgan fingerprint density at radius 3 is 2.59 bits per heavy atom. The van der Waals surface area contributed by atoms with Crippen LogP contribution in [-0.4, -0.2) is 24.3 Å². The molecule has 0 fully saturated rings. The van der Waals surface area contributed by atoms with Crippen LogP contribution in [0.3, 0.4) is 0 Å². The quantitative estimate of drug-likeness (QED) is 0.550. The van der Waals surface area contributed by atoms with E-state index in [9.17, 15) is 10.1 Å². The predicted molar refractivity (Wildman–Crippen MR) is 132 cm³/mol. The Kier molecular flexibility index (Phi) is 7.06. The number of hydrogen-bond donors (Lipinski definition) is 1. The van der Waals surface area contributed by atoms with Crippen molar-refractivity contribution in [1.29, 1.82) is 5.26 Å². The highest BCUT2D eigenvalue weighted by molar-refractivity contribution is 6.32. The summed E-state index contributed by atoms with van der Waals surface area (Å²) in [7, 11) is 1.79. The molecule has 0 saturated carbocycles. The molecule has 2 N–H and O–H groups in total. The molecule has 6 nitrogen and oxygen atoms in total. The van der Waals surface area contributed by atoms with Crippen LogP contribution in [0, 0.1) is 11.3 Å². The van der Waals surface area contributed by atoms with Crippen LogP contribution < -0.4 is 15.2 Å². The number of allylic oxidation sites excluding steroid dienone is 3. The molecule has 0 aromatic heterocycles. The molecule has 1 atom stereocenters. The average molecular weight is 498 g/mol. The molecule has 1 aliphatic carbocycles. The maximum Gasteiger partial charge on any atom is 0.180 e. The number of hydrogen-bond acceptors (Lipinski definition) is 6. The first-order valence-corrected chi connectivity index (χ1v) is 11.8. The van der Waals surface area contributed by atoms with E-state index in [1.807, 2.05) is 19.1 Å². The van der Waals surface area contributed by atoms with Crippen molar-refractivity contribution < 1.29 is 14.3 Å². The minimum atomic E-state index is -0.606. The third-order valence-corrected chi connectivity index (χ3v) is 6.66. The first-order chi connectivity index (χ1) is 16.3. The van der Waals surface area contributed by atoms with E-state index in [1.54, 1.807) is 36.2 Å². The highest BCUT2D eigenvalue weighted by Gasteiger charge is 2.39. The summed E-state index contributed by atoms with van der Waals surface area (Å²) >= 11 is 12.6. The number of nitriles is 1. The number of halogens is 2. The van der Waals surface area contributed by atoms with Gasteiger partial charge >= 0.3 is 0 Å². The smallest absolute Gasteiger partial charge is 0.180 e. The van der Waals surface area contributed by atoms with Crippen molar-refractivity contribution in [3.8, 4) is 17.6 Å². The molecular weight excluding hydrogens is 473 g/mol. The largest absolute Gasteiger partial charge is 0.490 e. The summed E-state index contributed by atoms with van der Waals surface area (Å²) < 4.78 is 11.9.